The molecule has 0 fully saturated rings. The largest absolute Gasteiger partial charge is 0.103 e. The molecule has 0 atom stereocenters. The van der Waals surface area contributed by atoms with Gasteiger partial charge in [0.1, 0.15) is 0 Å². The zero-order valence-corrected chi connectivity index (χ0v) is 13.0. The van der Waals surface area contributed by atoms with Gasteiger partial charge in [0, 0.05) is 0 Å². The lowest BCUT2D eigenvalue weighted by Gasteiger charge is -2.19. The van der Waals surface area contributed by atoms with Gasteiger partial charge in [0.25, 0.3) is 0 Å². The van der Waals surface area contributed by atoms with Crippen molar-refractivity contribution in [2.45, 2.75) is 65.0 Å². The lowest BCUT2D eigenvalue weighted by molar-refractivity contribution is 0.764. The standard InChI is InChI=1S/C12H28Si2/c1-7-8-9-10-14(5,6)12-11-13(2,3)4/h11-12H,7-10H2,1-6H3/b12-11-. The van der Waals surface area contributed by atoms with E-state index in [0.29, 0.717) is 0 Å². The van der Waals surface area contributed by atoms with Crippen molar-refractivity contribution in [2.24, 2.45) is 0 Å². The van der Waals surface area contributed by atoms with E-state index in [1.54, 1.807) is 0 Å². The van der Waals surface area contributed by atoms with Gasteiger partial charge >= 0.3 is 0 Å². The average molecular weight is 229 g/mol. The van der Waals surface area contributed by atoms with Crippen LogP contribution in [0.3, 0.4) is 0 Å². The molecule has 0 unspecified atom stereocenters. The molecule has 0 nitrogen and oxygen atoms in total. The van der Waals surface area contributed by atoms with Gasteiger partial charge in [0.15, 0.2) is 0 Å². The molecule has 0 aliphatic heterocycles. The highest BCUT2D eigenvalue weighted by Gasteiger charge is 2.17. The summed E-state index contributed by atoms with van der Waals surface area (Å²) in [5.74, 6) is 0. The third kappa shape index (κ3) is 8.76. The van der Waals surface area contributed by atoms with Gasteiger partial charge in [0.2, 0.25) is 0 Å². The summed E-state index contributed by atoms with van der Waals surface area (Å²) in [6.45, 7) is 14.5. The first-order valence-electron chi connectivity index (χ1n) is 5.97. The van der Waals surface area contributed by atoms with Crippen molar-refractivity contribution in [1.82, 2.24) is 0 Å². The Morgan fingerprint density at radius 3 is 1.86 bits per heavy atom. The monoisotopic (exact) mass is 228 g/mol. The molecule has 14 heavy (non-hydrogen) atoms. The zero-order valence-electron chi connectivity index (χ0n) is 11.0. The molecule has 0 amide bonds. The molecular weight excluding hydrogens is 200 g/mol. The van der Waals surface area contributed by atoms with Crippen LogP contribution in [-0.2, 0) is 0 Å². The summed E-state index contributed by atoms with van der Waals surface area (Å²) >= 11 is 0. The number of hydrogen-bond acceptors (Lipinski definition) is 0. The maximum absolute atomic E-state index is 2.59. The Labute approximate surface area is 92.8 Å². The second kappa shape index (κ2) is 5.91. The van der Waals surface area contributed by atoms with Gasteiger partial charge in [0.05, 0.1) is 16.1 Å². The Morgan fingerprint density at radius 1 is 0.857 bits per heavy atom. The Bertz CT molecular complexity index is 175. The van der Waals surface area contributed by atoms with Crippen molar-refractivity contribution in [3.63, 3.8) is 0 Å². The van der Waals surface area contributed by atoms with Crippen molar-refractivity contribution in [3.05, 3.63) is 11.4 Å². The van der Waals surface area contributed by atoms with Crippen LogP contribution in [0, 0.1) is 0 Å². The van der Waals surface area contributed by atoms with Gasteiger partial charge < -0.3 is 0 Å². The van der Waals surface area contributed by atoms with E-state index in [4.69, 9.17) is 0 Å². The van der Waals surface area contributed by atoms with Crippen molar-refractivity contribution in [3.8, 4) is 0 Å². The Morgan fingerprint density at radius 2 is 1.43 bits per heavy atom. The fraction of sp³-hybridized carbons (Fsp3) is 0.833. The van der Waals surface area contributed by atoms with Crippen LogP contribution < -0.4 is 0 Å². The van der Waals surface area contributed by atoms with Crippen LogP contribution in [0.15, 0.2) is 11.4 Å². The van der Waals surface area contributed by atoms with Crippen molar-refractivity contribution < 1.29 is 0 Å². The van der Waals surface area contributed by atoms with Crippen LogP contribution in [0.25, 0.3) is 0 Å². The molecule has 2 heteroatoms. The summed E-state index contributed by atoms with van der Waals surface area (Å²) in [6, 6.07) is 1.47. The van der Waals surface area contributed by atoms with Crippen molar-refractivity contribution in [2.75, 3.05) is 0 Å². The number of rotatable bonds is 6. The molecule has 0 aromatic heterocycles. The van der Waals surface area contributed by atoms with Crippen LogP contribution in [0.2, 0.25) is 38.8 Å². The minimum absolute atomic E-state index is 0.960. The summed E-state index contributed by atoms with van der Waals surface area (Å²) < 4.78 is 0. The topological polar surface area (TPSA) is 0 Å². The molecule has 0 rings (SSSR count). The maximum atomic E-state index is 2.59. The molecule has 0 aliphatic rings. The van der Waals surface area contributed by atoms with Crippen LogP contribution in [0.1, 0.15) is 26.2 Å². The van der Waals surface area contributed by atoms with E-state index in [0.717, 1.165) is 0 Å². The predicted octanol–water partition coefficient (Wildman–Crippen LogP) is 4.86. The first-order valence-corrected chi connectivity index (χ1v) is 12.8. The van der Waals surface area contributed by atoms with E-state index < -0.39 is 16.1 Å². The van der Waals surface area contributed by atoms with Crippen LogP contribution in [-0.4, -0.2) is 16.1 Å². The van der Waals surface area contributed by atoms with Crippen LogP contribution >= 0.6 is 0 Å². The summed E-state index contributed by atoms with van der Waals surface area (Å²) in [6.07, 6.45) is 4.20. The van der Waals surface area contributed by atoms with Gasteiger partial charge in [-0.1, -0.05) is 65.0 Å². The third-order valence-electron chi connectivity index (χ3n) is 2.46. The molecule has 0 aromatic carbocycles. The Balaban J connectivity index is 4.00. The summed E-state index contributed by atoms with van der Waals surface area (Å²) in [5, 5.41) is 0. The second-order valence-electron chi connectivity index (χ2n) is 6.15. The molecule has 0 heterocycles. The highest BCUT2D eigenvalue weighted by Crippen LogP contribution is 2.17. The molecule has 0 aliphatic carbocycles. The van der Waals surface area contributed by atoms with Crippen molar-refractivity contribution in [1.29, 1.82) is 0 Å². The summed E-state index contributed by atoms with van der Waals surface area (Å²) in [4.78, 5) is 0. The van der Waals surface area contributed by atoms with Gasteiger partial charge in [-0.25, -0.2) is 0 Å². The van der Waals surface area contributed by atoms with E-state index in [-0.39, 0.29) is 0 Å². The van der Waals surface area contributed by atoms with E-state index >= 15 is 0 Å². The van der Waals surface area contributed by atoms with E-state index in [9.17, 15) is 0 Å². The fourth-order valence-corrected chi connectivity index (χ4v) is 6.52. The van der Waals surface area contributed by atoms with Crippen molar-refractivity contribution >= 4 is 16.1 Å². The zero-order chi connectivity index (χ0) is 11.2. The quantitative estimate of drug-likeness (QED) is 0.450. The Kier molecular flexibility index (Phi) is 5.98. The lowest BCUT2D eigenvalue weighted by Crippen LogP contribution is -2.25. The second-order valence-corrected chi connectivity index (χ2v) is 16.0. The molecule has 0 radical (unpaired) electrons. The van der Waals surface area contributed by atoms with Gasteiger partial charge in [-0.2, -0.15) is 0 Å². The third-order valence-corrected chi connectivity index (χ3v) is 6.67. The average Bonchev–Trinajstić information content (AvgIpc) is 2.00. The summed E-state index contributed by atoms with van der Waals surface area (Å²) in [5.41, 5.74) is 5.14. The van der Waals surface area contributed by atoms with E-state index in [1.807, 2.05) is 0 Å². The normalized spacial score (nSPS) is 13.9. The molecule has 0 saturated heterocycles. The molecule has 0 N–H and O–H groups in total. The fourth-order valence-electron chi connectivity index (χ4n) is 1.39. The minimum atomic E-state index is -0.996. The van der Waals surface area contributed by atoms with Gasteiger partial charge in [-0.3, -0.25) is 0 Å². The lowest BCUT2D eigenvalue weighted by atomic mass is 10.3. The van der Waals surface area contributed by atoms with Crippen LogP contribution in [0.5, 0.6) is 0 Å². The van der Waals surface area contributed by atoms with Crippen LogP contribution in [0.4, 0.5) is 0 Å². The maximum Gasteiger partial charge on any atom is 0.0708 e. The SMILES string of the molecule is CCCCC[Si](C)(C)/C=C\[Si](C)(C)C. The van der Waals surface area contributed by atoms with E-state index in [2.05, 4.69) is 51.1 Å². The molecule has 84 valence electrons. The molecule has 0 spiro atoms. The van der Waals surface area contributed by atoms with Gasteiger partial charge in [-0.15, -0.1) is 11.4 Å². The first kappa shape index (κ1) is 14.2. The van der Waals surface area contributed by atoms with E-state index in [1.165, 1.54) is 25.3 Å². The molecule has 0 bridgehead atoms. The minimum Gasteiger partial charge on any atom is -0.103 e. The number of hydrogen-bond donors (Lipinski definition) is 0. The molecule has 0 aromatic rings. The van der Waals surface area contributed by atoms with Gasteiger partial charge in [-0.05, 0) is 0 Å². The number of unbranched alkanes of at least 4 members (excludes halogenated alkanes) is 2. The smallest absolute Gasteiger partial charge is 0.0708 e. The molecular formula is C12H28Si2. The predicted molar refractivity (Wildman–Crippen MR) is 74.3 cm³/mol. The Hall–Kier alpha value is 0.174. The summed E-state index contributed by atoms with van der Waals surface area (Å²) in [7, 11) is -1.96. The highest BCUT2D eigenvalue weighted by atomic mass is 28.3. The first-order chi connectivity index (χ1) is 6.27. The highest BCUT2D eigenvalue weighted by molar-refractivity contribution is 6.86. The molecule has 0 saturated carbocycles.